The number of carbonyl (C=O) groups is 1. The summed E-state index contributed by atoms with van der Waals surface area (Å²) in [4.78, 5) is 13.3. The molecule has 2 fully saturated rings. The Bertz CT molecular complexity index is 381. The van der Waals surface area contributed by atoms with Gasteiger partial charge in [-0.05, 0) is 6.42 Å². The summed E-state index contributed by atoms with van der Waals surface area (Å²) in [7, 11) is -1.36. The predicted molar refractivity (Wildman–Crippen MR) is 58.0 cm³/mol. The lowest BCUT2D eigenvalue weighted by Crippen LogP contribution is -2.49. The van der Waals surface area contributed by atoms with Crippen molar-refractivity contribution in [2.45, 2.75) is 17.7 Å². The van der Waals surface area contributed by atoms with Crippen molar-refractivity contribution < 1.29 is 17.9 Å². The minimum absolute atomic E-state index is 0.120. The fourth-order valence-electron chi connectivity index (χ4n) is 2.31. The maximum atomic E-state index is 11.7. The van der Waals surface area contributed by atoms with Crippen LogP contribution in [0.4, 0.5) is 4.79 Å². The third-order valence-corrected chi connectivity index (χ3v) is 5.36. The normalized spacial score (nSPS) is 30.7. The van der Waals surface area contributed by atoms with E-state index in [4.69, 9.17) is 4.74 Å². The highest BCUT2D eigenvalue weighted by Gasteiger charge is 2.49. The molecule has 0 aromatic carbocycles. The Morgan fingerprint density at radius 1 is 1.56 bits per heavy atom. The monoisotopic (exact) mass is 248 g/mol. The number of hydrogen-bond acceptors (Lipinski definition) is 4. The van der Waals surface area contributed by atoms with Crippen LogP contribution in [0.25, 0.3) is 0 Å². The fourth-order valence-corrected chi connectivity index (χ4v) is 4.33. The fraction of sp³-hybridized carbons (Fsp3) is 0.889. The lowest BCUT2D eigenvalue weighted by atomic mass is 10.2. The van der Waals surface area contributed by atoms with Crippen LogP contribution >= 0.6 is 0 Å². The standard InChI is InChI=1S/C9H16N2O4S/c1-15-3-2-10-9(12)11-5-8-4-7(11)6-16(8,13)14/h7-8H,2-6H2,1H3,(H,10,12). The van der Waals surface area contributed by atoms with Crippen LogP contribution in [-0.2, 0) is 14.6 Å². The Kier molecular flexibility index (Phi) is 3.07. The van der Waals surface area contributed by atoms with Crippen LogP contribution in [0, 0.1) is 0 Å². The lowest BCUT2D eigenvalue weighted by molar-refractivity contribution is 0.178. The zero-order valence-electron chi connectivity index (χ0n) is 9.18. The minimum Gasteiger partial charge on any atom is -0.383 e. The van der Waals surface area contributed by atoms with Crippen molar-refractivity contribution in [3.8, 4) is 0 Å². The van der Waals surface area contributed by atoms with Crippen LogP contribution in [0.3, 0.4) is 0 Å². The molecule has 0 aromatic heterocycles. The minimum atomic E-state index is -2.93. The molecule has 2 bridgehead atoms. The number of rotatable bonds is 3. The van der Waals surface area contributed by atoms with E-state index in [1.807, 2.05) is 0 Å². The summed E-state index contributed by atoms with van der Waals surface area (Å²) >= 11 is 0. The first-order chi connectivity index (χ1) is 7.54. The van der Waals surface area contributed by atoms with Crippen LogP contribution in [0.15, 0.2) is 0 Å². The third-order valence-electron chi connectivity index (χ3n) is 3.15. The third kappa shape index (κ3) is 2.01. The average Bonchev–Trinajstić information content (AvgIpc) is 2.73. The number of sulfone groups is 1. The maximum absolute atomic E-state index is 11.7. The van der Waals surface area contributed by atoms with Crippen LogP contribution in [0.1, 0.15) is 6.42 Å². The second-order valence-corrected chi connectivity index (χ2v) is 6.54. The number of methoxy groups -OCH3 is 1. The highest BCUT2D eigenvalue weighted by Crippen LogP contribution is 2.32. The van der Waals surface area contributed by atoms with Gasteiger partial charge < -0.3 is 15.0 Å². The van der Waals surface area contributed by atoms with Crippen LogP contribution < -0.4 is 5.32 Å². The van der Waals surface area contributed by atoms with Gasteiger partial charge in [0, 0.05) is 26.2 Å². The lowest BCUT2D eigenvalue weighted by Gasteiger charge is -2.26. The summed E-state index contributed by atoms with van der Waals surface area (Å²) in [6.45, 7) is 1.26. The van der Waals surface area contributed by atoms with E-state index in [-0.39, 0.29) is 23.1 Å². The molecule has 6 nitrogen and oxygen atoms in total. The van der Waals surface area contributed by atoms with Crippen molar-refractivity contribution in [3.05, 3.63) is 0 Å². The van der Waals surface area contributed by atoms with Gasteiger partial charge in [0.1, 0.15) is 0 Å². The molecule has 0 radical (unpaired) electrons. The van der Waals surface area contributed by atoms with Crippen molar-refractivity contribution in [2.24, 2.45) is 0 Å². The molecule has 7 heteroatoms. The van der Waals surface area contributed by atoms with Gasteiger partial charge in [-0.2, -0.15) is 0 Å². The maximum Gasteiger partial charge on any atom is 0.317 e. The number of amides is 2. The van der Waals surface area contributed by atoms with Gasteiger partial charge in [0.25, 0.3) is 0 Å². The molecule has 92 valence electrons. The molecule has 2 aliphatic rings. The van der Waals surface area contributed by atoms with Gasteiger partial charge in [-0.3, -0.25) is 0 Å². The second-order valence-electron chi connectivity index (χ2n) is 4.22. The van der Waals surface area contributed by atoms with Crippen molar-refractivity contribution in [1.29, 1.82) is 0 Å². The molecule has 0 aromatic rings. The van der Waals surface area contributed by atoms with Crippen molar-refractivity contribution in [1.82, 2.24) is 10.2 Å². The summed E-state index contributed by atoms with van der Waals surface area (Å²) in [6, 6.07) is -0.308. The zero-order valence-corrected chi connectivity index (χ0v) is 10.00. The summed E-state index contributed by atoms with van der Waals surface area (Å²) in [5.74, 6) is 0.120. The molecule has 0 aliphatic carbocycles. The molecule has 1 N–H and O–H groups in total. The molecule has 16 heavy (non-hydrogen) atoms. The number of ether oxygens (including phenoxy) is 1. The highest BCUT2D eigenvalue weighted by molar-refractivity contribution is 7.92. The Labute approximate surface area is 94.9 Å². The average molecular weight is 248 g/mol. The van der Waals surface area contributed by atoms with Gasteiger partial charge in [-0.1, -0.05) is 0 Å². The van der Waals surface area contributed by atoms with E-state index >= 15 is 0 Å². The predicted octanol–water partition coefficient (Wildman–Crippen LogP) is -0.786. The number of hydrogen-bond donors (Lipinski definition) is 1. The van der Waals surface area contributed by atoms with E-state index in [9.17, 15) is 13.2 Å². The van der Waals surface area contributed by atoms with E-state index < -0.39 is 9.84 Å². The van der Waals surface area contributed by atoms with Gasteiger partial charge in [0.05, 0.1) is 17.6 Å². The SMILES string of the molecule is COCCNC(=O)N1CC2CC1CS2(=O)=O. The molecular formula is C9H16N2O4S. The first kappa shape index (κ1) is 11.7. The molecule has 2 amide bonds. The molecule has 0 saturated carbocycles. The summed E-state index contributed by atoms with van der Waals surface area (Å²) in [6.07, 6.45) is 0.597. The molecular weight excluding hydrogens is 232 g/mol. The molecule has 2 rings (SSSR count). The molecule has 2 saturated heterocycles. The Balaban J connectivity index is 1.88. The quantitative estimate of drug-likeness (QED) is 0.664. The second kappa shape index (κ2) is 4.21. The van der Waals surface area contributed by atoms with Crippen LogP contribution in [0.5, 0.6) is 0 Å². The number of carbonyl (C=O) groups excluding carboxylic acids is 1. The molecule has 0 spiro atoms. The zero-order chi connectivity index (χ0) is 11.8. The molecule has 2 heterocycles. The Hall–Kier alpha value is -0.820. The first-order valence-corrected chi connectivity index (χ1v) is 7.01. The molecule has 2 unspecified atom stereocenters. The Morgan fingerprint density at radius 2 is 2.31 bits per heavy atom. The van der Waals surface area contributed by atoms with E-state index in [2.05, 4.69) is 5.32 Å². The topological polar surface area (TPSA) is 75.7 Å². The summed E-state index contributed by atoms with van der Waals surface area (Å²) in [5, 5.41) is 2.36. The largest absolute Gasteiger partial charge is 0.383 e. The first-order valence-electron chi connectivity index (χ1n) is 5.29. The van der Waals surface area contributed by atoms with Gasteiger partial charge in [0.15, 0.2) is 9.84 Å². The number of urea groups is 1. The summed E-state index contributed by atoms with van der Waals surface area (Å²) in [5.41, 5.74) is 0. The highest BCUT2D eigenvalue weighted by atomic mass is 32.2. The van der Waals surface area contributed by atoms with E-state index in [0.29, 0.717) is 26.1 Å². The van der Waals surface area contributed by atoms with Gasteiger partial charge in [-0.25, -0.2) is 13.2 Å². The van der Waals surface area contributed by atoms with Crippen molar-refractivity contribution in [3.63, 3.8) is 0 Å². The van der Waals surface area contributed by atoms with E-state index in [1.54, 1.807) is 12.0 Å². The van der Waals surface area contributed by atoms with Crippen LogP contribution in [0.2, 0.25) is 0 Å². The van der Waals surface area contributed by atoms with Crippen molar-refractivity contribution >= 4 is 15.9 Å². The van der Waals surface area contributed by atoms with Gasteiger partial charge in [0.2, 0.25) is 0 Å². The summed E-state index contributed by atoms with van der Waals surface area (Å²) < 4.78 is 27.8. The smallest absolute Gasteiger partial charge is 0.317 e. The molecule has 2 aliphatic heterocycles. The Morgan fingerprint density at radius 3 is 2.81 bits per heavy atom. The van der Waals surface area contributed by atoms with Gasteiger partial charge in [-0.15, -0.1) is 0 Å². The van der Waals surface area contributed by atoms with E-state index in [1.165, 1.54) is 0 Å². The number of nitrogens with zero attached hydrogens (tertiary/aromatic N) is 1. The van der Waals surface area contributed by atoms with Gasteiger partial charge >= 0.3 is 6.03 Å². The van der Waals surface area contributed by atoms with E-state index in [0.717, 1.165) is 0 Å². The number of fused-ring (bicyclic) bond motifs is 2. The van der Waals surface area contributed by atoms with Crippen LogP contribution in [-0.4, -0.2) is 63.2 Å². The number of nitrogens with one attached hydrogen (secondary N) is 1. The van der Waals surface area contributed by atoms with Crippen molar-refractivity contribution in [2.75, 3.05) is 32.6 Å². The molecule has 2 atom stereocenters. The number of likely N-dealkylation sites (tertiary alicyclic amines) is 1.